The number of carbonyl (C=O) groups excluding carboxylic acids is 1. The number of nitrogens with two attached hydrogens (primary N) is 1. The van der Waals surface area contributed by atoms with Crippen molar-refractivity contribution < 1.29 is 14.3 Å². The lowest BCUT2D eigenvalue weighted by Gasteiger charge is -2.33. The van der Waals surface area contributed by atoms with E-state index in [9.17, 15) is 4.79 Å². The Bertz CT molecular complexity index is 486. The van der Waals surface area contributed by atoms with Crippen LogP contribution in [0.1, 0.15) is 32.6 Å². The smallest absolute Gasteiger partial charge is 0.222 e. The quantitative estimate of drug-likeness (QED) is 0.763. The van der Waals surface area contributed by atoms with Gasteiger partial charge in [0, 0.05) is 25.6 Å². The molecule has 0 saturated carbocycles. The van der Waals surface area contributed by atoms with Gasteiger partial charge in [-0.05, 0) is 56.4 Å². The number of ether oxygens (including phenoxy) is 2. The molecule has 136 valence electrons. The van der Waals surface area contributed by atoms with E-state index < -0.39 is 0 Å². The minimum absolute atomic E-state index is 0. The van der Waals surface area contributed by atoms with Crippen molar-refractivity contribution in [2.24, 2.45) is 11.7 Å². The number of halogens is 1. The van der Waals surface area contributed by atoms with E-state index in [1.807, 2.05) is 29.2 Å². The zero-order valence-electron chi connectivity index (χ0n) is 14.6. The lowest BCUT2D eigenvalue weighted by Crippen LogP contribution is -2.42. The number of nitrogens with zero attached hydrogens (tertiary/aromatic N) is 1. The second-order valence-electron chi connectivity index (χ2n) is 6.20. The molecule has 0 aliphatic carbocycles. The molecule has 2 N–H and O–H groups in total. The molecule has 0 aromatic heterocycles. The predicted octanol–water partition coefficient (Wildman–Crippen LogP) is 2.86. The van der Waals surface area contributed by atoms with E-state index in [1.54, 1.807) is 7.11 Å². The molecule has 1 amide bonds. The van der Waals surface area contributed by atoms with Crippen molar-refractivity contribution in [3.8, 4) is 11.5 Å². The third-order valence-corrected chi connectivity index (χ3v) is 4.50. The SMILES string of the molecule is COc1ccc(OCCCC(=O)N2CCC(C(C)N)CC2)cc1.Cl. The summed E-state index contributed by atoms with van der Waals surface area (Å²) < 4.78 is 10.8. The highest BCUT2D eigenvalue weighted by atomic mass is 35.5. The summed E-state index contributed by atoms with van der Waals surface area (Å²) in [6.45, 7) is 4.28. The van der Waals surface area contributed by atoms with Crippen LogP contribution in [0.5, 0.6) is 11.5 Å². The molecular weight excluding hydrogens is 328 g/mol. The van der Waals surface area contributed by atoms with Crippen LogP contribution in [0.2, 0.25) is 0 Å². The summed E-state index contributed by atoms with van der Waals surface area (Å²) in [7, 11) is 1.64. The Balaban J connectivity index is 0.00000288. The van der Waals surface area contributed by atoms with Crippen LogP contribution in [0.25, 0.3) is 0 Å². The number of hydrogen-bond acceptors (Lipinski definition) is 4. The van der Waals surface area contributed by atoms with E-state index >= 15 is 0 Å². The molecule has 0 spiro atoms. The number of methoxy groups -OCH3 is 1. The van der Waals surface area contributed by atoms with Crippen molar-refractivity contribution in [1.29, 1.82) is 0 Å². The van der Waals surface area contributed by atoms with Crippen molar-refractivity contribution in [3.05, 3.63) is 24.3 Å². The Morgan fingerprint density at radius 1 is 1.25 bits per heavy atom. The summed E-state index contributed by atoms with van der Waals surface area (Å²) >= 11 is 0. The number of amides is 1. The molecule has 1 unspecified atom stereocenters. The maximum absolute atomic E-state index is 12.2. The van der Waals surface area contributed by atoms with Gasteiger partial charge in [-0.3, -0.25) is 4.79 Å². The number of likely N-dealkylation sites (tertiary alicyclic amines) is 1. The Morgan fingerprint density at radius 3 is 2.38 bits per heavy atom. The van der Waals surface area contributed by atoms with E-state index in [2.05, 4.69) is 6.92 Å². The first-order valence-corrected chi connectivity index (χ1v) is 8.40. The molecular formula is C18H29ClN2O3. The Labute approximate surface area is 150 Å². The molecule has 5 nitrogen and oxygen atoms in total. The first-order chi connectivity index (χ1) is 11.1. The van der Waals surface area contributed by atoms with Gasteiger partial charge < -0.3 is 20.1 Å². The van der Waals surface area contributed by atoms with Crippen LogP contribution in [0.15, 0.2) is 24.3 Å². The Hall–Kier alpha value is -1.46. The zero-order valence-corrected chi connectivity index (χ0v) is 15.4. The van der Waals surface area contributed by atoms with E-state index in [1.165, 1.54) is 0 Å². The number of rotatable bonds is 7. The predicted molar refractivity (Wildman–Crippen MR) is 97.9 cm³/mol. The number of benzene rings is 1. The van der Waals surface area contributed by atoms with Gasteiger partial charge in [-0.25, -0.2) is 0 Å². The summed E-state index contributed by atoms with van der Waals surface area (Å²) in [5, 5.41) is 0. The van der Waals surface area contributed by atoms with Crippen LogP contribution in [0, 0.1) is 5.92 Å². The molecule has 24 heavy (non-hydrogen) atoms. The van der Waals surface area contributed by atoms with Crippen LogP contribution in [0.4, 0.5) is 0 Å². The third-order valence-electron chi connectivity index (χ3n) is 4.50. The van der Waals surface area contributed by atoms with Crippen LogP contribution in [-0.2, 0) is 4.79 Å². The summed E-state index contributed by atoms with van der Waals surface area (Å²) in [4.78, 5) is 14.2. The fourth-order valence-electron chi connectivity index (χ4n) is 2.92. The van der Waals surface area contributed by atoms with Crippen molar-refractivity contribution in [1.82, 2.24) is 4.90 Å². The molecule has 0 bridgehead atoms. The van der Waals surface area contributed by atoms with Gasteiger partial charge in [0.1, 0.15) is 11.5 Å². The number of piperidine rings is 1. The van der Waals surface area contributed by atoms with Crippen LogP contribution < -0.4 is 15.2 Å². The lowest BCUT2D eigenvalue weighted by molar-refractivity contribution is -0.132. The normalized spacial score (nSPS) is 16.2. The first kappa shape index (κ1) is 20.6. The summed E-state index contributed by atoms with van der Waals surface area (Å²) in [5.41, 5.74) is 5.93. The molecule has 1 aliphatic rings. The Kier molecular flexibility index (Phi) is 8.93. The molecule has 1 atom stereocenters. The van der Waals surface area contributed by atoms with E-state index in [0.29, 0.717) is 18.9 Å². The van der Waals surface area contributed by atoms with Gasteiger partial charge in [0.2, 0.25) is 5.91 Å². The Morgan fingerprint density at radius 2 is 1.83 bits per heavy atom. The van der Waals surface area contributed by atoms with Crippen molar-refractivity contribution in [2.45, 2.75) is 38.6 Å². The minimum Gasteiger partial charge on any atom is -0.497 e. The average molecular weight is 357 g/mol. The second kappa shape index (κ2) is 10.4. The average Bonchev–Trinajstić information content (AvgIpc) is 2.59. The van der Waals surface area contributed by atoms with Gasteiger partial charge in [0.25, 0.3) is 0 Å². The monoisotopic (exact) mass is 356 g/mol. The highest BCUT2D eigenvalue weighted by molar-refractivity contribution is 5.85. The van der Waals surface area contributed by atoms with Gasteiger partial charge in [-0.1, -0.05) is 0 Å². The van der Waals surface area contributed by atoms with Gasteiger partial charge in [0.05, 0.1) is 13.7 Å². The van der Waals surface area contributed by atoms with Crippen molar-refractivity contribution in [2.75, 3.05) is 26.8 Å². The van der Waals surface area contributed by atoms with E-state index in [4.69, 9.17) is 15.2 Å². The highest BCUT2D eigenvalue weighted by Gasteiger charge is 2.24. The third kappa shape index (κ3) is 6.21. The topological polar surface area (TPSA) is 64.8 Å². The lowest BCUT2D eigenvalue weighted by atomic mass is 9.91. The van der Waals surface area contributed by atoms with Crippen LogP contribution >= 0.6 is 12.4 Å². The molecule has 1 aliphatic heterocycles. The van der Waals surface area contributed by atoms with Gasteiger partial charge in [0.15, 0.2) is 0 Å². The maximum Gasteiger partial charge on any atom is 0.222 e. The number of carbonyl (C=O) groups is 1. The molecule has 6 heteroatoms. The molecule has 2 rings (SSSR count). The summed E-state index contributed by atoms with van der Waals surface area (Å²) in [6.07, 6.45) is 3.31. The van der Waals surface area contributed by atoms with Crippen molar-refractivity contribution in [3.63, 3.8) is 0 Å². The largest absolute Gasteiger partial charge is 0.497 e. The van der Waals surface area contributed by atoms with Gasteiger partial charge in [-0.15, -0.1) is 12.4 Å². The van der Waals surface area contributed by atoms with Gasteiger partial charge >= 0.3 is 0 Å². The molecule has 1 aromatic carbocycles. The molecule has 1 aromatic rings. The van der Waals surface area contributed by atoms with E-state index in [0.717, 1.165) is 43.9 Å². The second-order valence-corrected chi connectivity index (χ2v) is 6.20. The molecule has 0 radical (unpaired) electrons. The van der Waals surface area contributed by atoms with Crippen LogP contribution in [0.3, 0.4) is 0 Å². The standard InChI is InChI=1S/C18H28N2O3.ClH/c1-14(19)15-9-11-20(12-10-15)18(21)4-3-13-23-17-7-5-16(22-2)6-8-17;/h5-8,14-15H,3-4,9-13,19H2,1-2H3;1H. The summed E-state index contributed by atoms with van der Waals surface area (Å²) in [6, 6.07) is 7.70. The summed E-state index contributed by atoms with van der Waals surface area (Å²) in [5.74, 6) is 2.39. The molecule has 1 heterocycles. The molecule has 1 saturated heterocycles. The van der Waals surface area contributed by atoms with Crippen LogP contribution in [-0.4, -0.2) is 43.7 Å². The minimum atomic E-state index is 0. The van der Waals surface area contributed by atoms with Crippen molar-refractivity contribution >= 4 is 18.3 Å². The zero-order chi connectivity index (χ0) is 16.7. The fraction of sp³-hybridized carbons (Fsp3) is 0.611. The van der Waals surface area contributed by atoms with E-state index in [-0.39, 0.29) is 24.4 Å². The fourth-order valence-corrected chi connectivity index (χ4v) is 2.92. The first-order valence-electron chi connectivity index (χ1n) is 8.40. The maximum atomic E-state index is 12.2. The molecule has 1 fully saturated rings. The number of hydrogen-bond donors (Lipinski definition) is 1. The highest BCUT2D eigenvalue weighted by Crippen LogP contribution is 2.20. The van der Waals surface area contributed by atoms with Gasteiger partial charge in [-0.2, -0.15) is 0 Å².